The fraction of sp³-hybridized carbons (Fsp3) is 0.964. The maximum Gasteiger partial charge on any atom is 0.305 e. The Hall–Kier alpha value is -1.14. The van der Waals surface area contributed by atoms with Gasteiger partial charge in [0.25, 0.3) is 0 Å². The van der Waals surface area contributed by atoms with Crippen LogP contribution in [0.2, 0.25) is 0 Å². The van der Waals surface area contributed by atoms with E-state index in [2.05, 4.69) is 19.2 Å². The van der Waals surface area contributed by atoms with E-state index in [1.54, 1.807) is 0 Å². The zero-order valence-electron chi connectivity index (χ0n) is 42.1. The second-order valence-corrected chi connectivity index (χ2v) is 19.6. The summed E-state index contributed by atoms with van der Waals surface area (Å²) in [5.74, 6) is -0.0685. The molecule has 0 aliphatic rings. The Bertz CT molecular complexity index is 882. The largest absolute Gasteiger partial charge is 0.466 e. The lowest BCUT2D eigenvalue weighted by molar-refractivity contribution is -0.143. The number of aliphatic hydroxyl groups is 2. The van der Waals surface area contributed by atoms with E-state index in [1.807, 2.05) is 0 Å². The monoisotopic (exact) mass is 878 g/mol. The van der Waals surface area contributed by atoms with Gasteiger partial charge in [-0.2, -0.15) is 0 Å². The second kappa shape index (κ2) is 52.5. The number of amides is 1. The van der Waals surface area contributed by atoms with Crippen LogP contribution >= 0.6 is 0 Å². The molecular weight excluding hydrogens is 767 g/mol. The standard InChI is InChI=1S/C56H111NO5/c1-3-5-7-9-11-13-15-17-19-20-21-22-23-24-25-26-28-32-36-40-44-48-54(59)53(52-58)57-55(60)49-45-41-37-33-30-31-35-39-43-47-51-62-56(61)50-46-42-38-34-29-27-18-16-14-12-10-8-6-4-2/h53-54,58-59H,3-52H2,1-2H3,(H,57,60). The number of hydrogen-bond donors (Lipinski definition) is 3. The van der Waals surface area contributed by atoms with Gasteiger partial charge in [-0.3, -0.25) is 9.59 Å². The van der Waals surface area contributed by atoms with Gasteiger partial charge in [-0.15, -0.1) is 0 Å². The summed E-state index contributed by atoms with van der Waals surface area (Å²) in [5.41, 5.74) is 0. The van der Waals surface area contributed by atoms with E-state index in [9.17, 15) is 19.8 Å². The van der Waals surface area contributed by atoms with Crippen LogP contribution in [0.3, 0.4) is 0 Å². The zero-order valence-corrected chi connectivity index (χ0v) is 42.1. The maximum atomic E-state index is 12.5. The van der Waals surface area contributed by atoms with Crippen molar-refractivity contribution in [2.75, 3.05) is 13.2 Å². The molecule has 1 amide bonds. The van der Waals surface area contributed by atoms with Crippen molar-refractivity contribution in [2.24, 2.45) is 0 Å². The number of rotatable bonds is 53. The molecule has 0 aliphatic heterocycles. The highest BCUT2D eigenvalue weighted by molar-refractivity contribution is 5.76. The molecule has 6 heteroatoms. The lowest BCUT2D eigenvalue weighted by atomic mass is 10.0. The first-order valence-corrected chi connectivity index (χ1v) is 28.3. The third-order valence-corrected chi connectivity index (χ3v) is 13.4. The highest BCUT2D eigenvalue weighted by Crippen LogP contribution is 2.18. The van der Waals surface area contributed by atoms with Crippen LogP contribution in [0.5, 0.6) is 0 Å². The van der Waals surface area contributed by atoms with Gasteiger partial charge in [-0.1, -0.05) is 284 Å². The first-order valence-electron chi connectivity index (χ1n) is 28.3. The molecule has 62 heavy (non-hydrogen) atoms. The van der Waals surface area contributed by atoms with Gasteiger partial charge in [-0.25, -0.2) is 0 Å². The van der Waals surface area contributed by atoms with Crippen molar-refractivity contribution in [1.82, 2.24) is 5.32 Å². The first kappa shape index (κ1) is 60.9. The summed E-state index contributed by atoms with van der Waals surface area (Å²) >= 11 is 0. The molecule has 6 nitrogen and oxygen atoms in total. The molecule has 2 unspecified atom stereocenters. The Morgan fingerprint density at radius 1 is 0.387 bits per heavy atom. The quantitative estimate of drug-likeness (QED) is 0.0418. The number of carbonyl (C=O) groups is 2. The molecule has 0 saturated heterocycles. The van der Waals surface area contributed by atoms with Crippen molar-refractivity contribution >= 4 is 11.9 Å². The first-order chi connectivity index (χ1) is 30.5. The molecule has 0 spiro atoms. The molecule has 0 rings (SSSR count). The SMILES string of the molecule is CCCCCCCCCCCCCCCCCCCCCCCC(O)C(CO)NC(=O)CCCCCCCCCCCCOC(=O)CCCCCCCCCCCCCCCC. The van der Waals surface area contributed by atoms with E-state index in [-0.39, 0.29) is 18.5 Å². The predicted octanol–water partition coefficient (Wildman–Crippen LogP) is 17.1. The fourth-order valence-electron chi connectivity index (χ4n) is 9.05. The van der Waals surface area contributed by atoms with Gasteiger partial charge in [-0.05, 0) is 25.7 Å². The van der Waals surface area contributed by atoms with Crippen molar-refractivity contribution in [3.63, 3.8) is 0 Å². The molecule has 0 radical (unpaired) electrons. The van der Waals surface area contributed by atoms with Crippen molar-refractivity contribution < 1.29 is 24.5 Å². The maximum absolute atomic E-state index is 12.5. The second-order valence-electron chi connectivity index (χ2n) is 19.6. The van der Waals surface area contributed by atoms with Crippen LogP contribution in [0.15, 0.2) is 0 Å². The van der Waals surface area contributed by atoms with Crippen molar-refractivity contribution in [3.8, 4) is 0 Å². The Morgan fingerprint density at radius 2 is 0.661 bits per heavy atom. The molecule has 0 aromatic rings. The third kappa shape index (κ3) is 48.3. The summed E-state index contributed by atoms with van der Waals surface area (Å²) in [6.45, 7) is 4.93. The predicted molar refractivity (Wildman–Crippen MR) is 269 cm³/mol. The molecule has 0 heterocycles. The fourth-order valence-corrected chi connectivity index (χ4v) is 9.05. The van der Waals surface area contributed by atoms with Gasteiger partial charge in [0.2, 0.25) is 5.91 Å². The summed E-state index contributed by atoms with van der Waals surface area (Å²) in [6.07, 6.45) is 59.4. The average molecular weight is 879 g/mol. The van der Waals surface area contributed by atoms with Crippen LogP contribution in [0, 0.1) is 0 Å². The van der Waals surface area contributed by atoms with E-state index in [4.69, 9.17) is 4.74 Å². The molecular formula is C56H111NO5. The summed E-state index contributed by atoms with van der Waals surface area (Å²) in [6, 6.07) is -0.557. The van der Waals surface area contributed by atoms with E-state index in [0.29, 0.717) is 25.9 Å². The van der Waals surface area contributed by atoms with Crippen LogP contribution in [-0.4, -0.2) is 47.4 Å². The molecule has 0 saturated carbocycles. The summed E-state index contributed by atoms with van der Waals surface area (Å²) in [7, 11) is 0. The lowest BCUT2D eigenvalue weighted by Gasteiger charge is -2.22. The number of hydrogen-bond acceptors (Lipinski definition) is 5. The number of unbranched alkanes of at least 4 members (excludes halogenated alkanes) is 42. The summed E-state index contributed by atoms with van der Waals surface area (Å²) in [4.78, 5) is 24.5. The van der Waals surface area contributed by atoms with Crippen LogP contribution < -0.4 is 5.32 Å². The van der Waals surface area contributed by atoms with Crippen LogP contribution in [0.4, 0.5) is 0 Å². The number of nitrogens with one attached hydrogen (secondary N) is 1. The van der Waals surface area contributed by atoms with Gasteiger partial charge in [0, 0.05) is 12.8 Å². The highest BCUT2D eigenvalue weighted by atomic mass is 16.5. The smallest absolute Gasteiger partial charge is 0.305 e. The molecule has 370 valence electrons. The normalized spacial score (nSPS) is 12.5. The number of carbonyl (C=O) groups excluding carboxylic acids is 2. The Morgan fingerprint density at radius 3 is 0.984 bits per heavy atom. The van der Waals surface area contributed by atoms with Crippen molar-refractivity contribution in [1.29, 1.82) is 0 Å². The number of aliphatic hydroxyl groups excluding tert-OH is 2. The minimum absolute atomic E-state index is 0.0151. The van der Waals surface area contributed by atoms with Gasteiger partial charge in [0.05, 0.1) is 25.4 Å². The van der Waals surface area contributed by atoms with Gasteiger partial charge < -0.3 is 20.3 Å². The topological polar surface area (TPSA) is 95.9 Å². The Balaban J connectivity index is 3.45. The van der Waals surface area contributed by atoms with E-state index in [0.717, 1.165) is 57.8 Å². The number of esters is 1. The summed E-state index contributed by atoms with van der Waals surface area (Å²) in [5, 5.41) is 23.3. The van der Waals surface area contributed by atoms with Gasteiger partial charge >= 0.3 is 5.97 Å². The minimum Gasteiger partial charge on any atom is -0.466 e. The lowest BCUT2D eigenvalue weighted by Crippen LogP contribution is -2.45. The number of ether oxygens (including phenoxy) is 1. The minimum atomic E-state index is -0.678. The molecule has 0 bridgehead atoms. The third-order valence-electron chi connectivity index (χ3n) is 13.4. The molecule has 3 N–H and O–H groups in total. The molecule has 0 aromatic heterocycles. The van der Waals surface area contributed by atoms with E-state index in [1.165, 1.54) is 231 Å². The van der Waals surface area contributed by atoms with Crippen molar-refractivity contribution in [3.05, 3.63) is 0 Å². The van der Waals surface area contributed by atoms with Crippen LogP contribution in [0.1, 0.15) is 322 Å². The van der Waals surface area contributed by atoms with Crippen LogP contribution in [0.25, 0.3) is 0 Å². The molecule has 2 atom stereocenters. The van der Waals surface area contributed by atoms with E-state index >= 15 is 0 Å². The van der Waals surface area contributed by atoms with Crippen LogP contribution in [-0.2, 0) is 14.3 Å². The van der Waals surface area contributed by atoms with Gasteiger partial charge in [0.1, 0.15) is 0 Å². The molecule has 0 aliphatic carbocycles. The van der Waals surface area contributed by atoms with Crippen molar-refractivity contribution in [2.45, 2.75) is 334 Å². The zero-order chi connectivity index (χ0) is 45.1. The molecule has 0 aromatic carbocycles. The molecule has 0 fully saturated rings. The Kier molecular flexibility index (Phi) is 51.5. The van der Waals surface area contributed by atoms with E-state index < -0.39 is 12.1 Å². The average Bonchev–Trinajstić information content (AvgIpc) is 3.27. The summed E-state index contributed by atoms with van der Waals surface area (Å²) < 4.78 is 5.46. The Labute approximate surface area is 387 Å². The van der Waals surface area contributed by atoms with Gasteiger partial charge in [0.15, 0.2) is 0 Å². The highest BCUT2D eigenvalue weighted by Gasteiger charge is 2.20.